The minimum atomic E-state index is -0.156. The van der Waals surface area contributed by atoms with E-state index >= 15 is 0 Å². The first-order valence-electron chi connectivity index (χ1n) is 12.9. The molecule has 1 heterocycles. The van der Waals surface area contributed by atoms with Crippen LogP contribution < -0.4 is 0 Å². The van der Waals surface area contributed by atoms with Gasteiger partial charge in [0, 0.05) is 25.1 Å². The Bertz CT molecular complexity index is 989. The van der Waals surface area contributed by atoms with Crippen molar-refractivity contribution in [2.45, 2.75) is 69.1 Å². The number of rotatable bonds is 8. The maximum absolute atomic E-state index is 13.8. The average molecular weight is 458 g/mol. The fourth-order valence-electron chi connectivity index (χ4n) is 6.24. The van der Waals surface area contributed by atoms with Gasteiger partial charge < -0.3 is 4.74 Å². The molecule has 0 unspecified atom stereocenters. The Morgan fingerprint density at radius 2 is 1.32 bits per heavy atom. The van der Waals surface area contributed by atoms with E-state index in [0.29, 0.717) is 0 Å². The lowest BCUT2D eigenvalue weighted by Gasteiger charge is -2.48. The zero-order valence-corrected chi connectivity index (χ0v) is 20.1. The normalized spacial score (nSPS) is 21.8. The molecule has 5 rings (SSSR count). The van der Waals surface area contributed by atoms with Crippen LogP contribution in [0, 0.1) is 5.82 Å². The number of hydrogen-bond donors (Lipinski definition) is 0. The molecule has 1 aliphatic heterocycles. The summed E-state index contributed by atoms with van der Waals surface area (Å²) in [6.07, 6.45) is 7.95. The molecule has 1 spiro atoms. The summed E-state index contributed by atoms with van der Waals surface area (Å²) in [5.74, 6) is -0.156. The topological polar surface area (TPSA) is 12.5 Å². The molecule has 1 saturated heterocycles. The second kappa shape index (κ2) is 10.4. The fourth-order valence-corrected chi connectivity index (χ4v) is 6.24. The molecule has 1 atom stereocenters. The van der Waals surface area contributed by atoms with Crippen molar-refractivity contribution in [3.8, 4) is 0 Å². The molecule has 0 amide bonds. The van der Waals surface area contributed by atoms with E-state index in [-0.39, 0.29) is 16.8 Å². The van der Waals surface area contributed by atoms with Gasteiger partial charge in [-0.1, -0.05) is 85.6 Å². The molecule has 3 aromatic carbocycles. The van der Waals surface area contributed by atoms with Crippen molar-refractivity contribution in [3.05, 3.63) is 107 Å². The van der Waals surface area contributed by atoms with Gasteiger partial charge >= 0.3 is 0 Å². The number of benzene rings is 3. The summed E-state index contributed by atoms with van der Waals surface area (Å²) in [5, 5.41) is 0. The summed E-state index contributed by atoms with van der Waals surface area (Å²) in [4.78, 5) is 2.58. The SMILES string of the molecule is Fc1ccc([C@]2(CCN(Cc3ccccc3)Cc3ccccc3)CCOC3(CCCC3)C2)cc1. The second-order valence-electron chi connectivity index (χ2n) is 10.4. The summed E-state index contributed by atoms with van der Waals surface area (Å²) in [5.41, 5.74) is 4.00. The van der Waals surface area contributed by atoms with Crippen molar-refractivity contribution in [1.82, 2.24) is 4.90 Å². The van der Waals surface area contributed by atoms with Crippen LogP contribution in [0.1, 0.15) is 61.6 Å². The van der Waals surface area contributed by atoms with Crippen LogP contribution >= 0.6 is 0 Å². The molecular formula is C31H36FNO. The largest absolute Gasteiger partial charge is 0.375 e. The van der Waals surface area contributed by atoms with Gasteiger partial charge in [0.25, 0.3) is 0 Å². The van der Waals surface area contributed by atoms with Gasteiger partial charge in [0.05, 0.1) is 5.60 Å². The summed E-state index contributed by atoms with van der Waals surface area (Å²) < 4.78 is 20.3. The first kappa shape index (κ1) is 23.3. The van der Waals surface area contributed by atoms with Crippen molar-refractivity contribution in [2.24, 2.45) is 0 Å². The monoisotopic (exact) mass is 457 g/mol. The maximum Gasteiger partial charge on any atom is 0.123 e. The molecule has 3 heteroatoms. The summed E-state index contributed by atoms with van der Waals surface area (Å²) in [6.45, 7) is 3.65. The third kappa shape index (κ3) is 5.42. The quantitative estimate of drug-likeness (QED) is 0.352. The highest BCUT2D eigenvalue weighted by Gasteiger charge is 2.47. The Hall–Kier alpha value is -2.49. The average Bonchev–Trinajstić information content (AvgIpc) is 3.31. The molecule has 2 fully saturated rings. The first-order valence-corrected chi connectivity index (χ1v) is 12.9. The molecule has 1 saturated carbocycles. The minimum Gasteiger partial charge on any atom is -0.375 e. The van der Waals surface area contributed by atoms with Crippen LogP contribution in [0.2, 0.25) is 0 Å². The number of hydrogen-bond acceptors (Lipinski definition) is 2. The number of ether oxygens (including phenoxy) is 1. The second-order valence-corrected chi connectivity index (χ2v) is 10.4. The molecule has 0 aromatic heterocycles. The number of halogens is 1. The van der Waals surface area contributed by atoms with E-state index in [9.17, 15) is 4.39 Å². The van der Waals surface area contributed by atoms with Crippen LogP contribution in [0.3, 0.4) is 0 Å². The Morgan fingerprint density at radius 1 is 0.735 bits per heavy atom. The predicted molar refractivity (Wildman–Crippen MR) is 136 cm³/mol. The van der Waals surface area contributed by atoms with Gasteiger partial charge in [0.1, 0.15) is 5.82 Å². The molecule has 2 aliphatic rings. The van der Waals surface area contributed by atoms with Crippen LogP contribution in [-0.4, -0.2) is 23.7 Å². The van der Waals surface area contributed by atoms with Crippen LogP contribution in [0.4, 0.5) is 4.39 Å². The van der Waals surface area contributed by atoms with E-state index in [1.54, 1.807) is 12.1 Å². The van der Waals surface area contributed by atoms with Gasteiger partial charge in [-0.25, -0.2) is 4.39 Å². The lowest BCUT2D eigenvalue weighted by atomic mass is 9.66. The van der Waals surface area contributed by atoms with Crippen LogP contribution in [0.15, 0.2) is 84.9 Å². The van der Waals surface area contributed by atoms with Crippen LogP contribution in [-0.2, 0) is 23.2 Å². The molecule has 0 N–H and O–H groups in total. The Labute approximate surface area is 203 Å². The van der Waals surface area contributed by atoms with Crippen molar-refractivity contribution in [3.63, 3.8) is 0 Å². The Kier molecular flexibility index (Phi) is 7.12. The van der Waals surface area contributed by atoms with Crippen molar-refractivity contribution >= 4 is 0 Å². The van der Waals surface area contributed by atoms with Gasteiger partial charge in [-0.2, -0.15) is 0 Å². The van der Waals surface area contributed by atoms with Gasteiger partial charge in [0.15, 0.2) is 0 Å². The highest BCUT2D eigenvalue weighted by atomic mass is 19.1. The first-order chi connectivity index (χ1) is 16.6. The highest BCUT2D eigenvalue weighted by molar-refractivity contribution is 5.28. The van der Waals surface area contributed by atoms with E-state index in [0.717, 1.165) is 58.3 Å². The van der Waals surface area contributed by atoms with Gasteiger partial charge in [-0.05, 0) is 67.5 Å². The highest BCUT2D eigenvalue weighted by Crippen LogP contribution is 2.50. The van der Waals surface area contributed by atoms with E-state index in [1.165, 1.54) is 29.5 Å². The van der Waals surface area contributed by atoms with Crippen LogP contribution in [0.25, 0.3) is 0 Å². The Balaban J connectivity index is 1.40. The molecule has 2 nitrogen and oxygen atoms in total. The van der Waals surface area contributed by atoms with E-state index in [1.807, 2.05) is 12.1 Å². The zero-order valence-electron chi connectivity index (χ0n) is 20.1. The van der Waals surface area contributed by atoms with Crippen molar-refractivity contribution < 1.29 is 9.13 Å². The molecule has 0 bridgehead atoms. The molecular weight excluding hydrogens is 421 g/mol. The van der Waals surface area contributed by atoms with Crippen molar-refractivity contribution in [1.29, 1.82) is 0 Å². The predicted octanol–water partition coefficient (Wildman–Crippen LogP) is 7.28. The van der Waals surface area contributed by atoms with Gasteiger partial charge in [-0.15, -0.1) is 0 Å². The van der Waals surface area contributed by atoms with Gasteiger partial charge in [0.2, 0.25) is 0 Å². The molecule has 1 aliphatic carbocycles. The standard InChI is InChI=1S/C31H36FNO/c32-29-15-13-28(14-16-29)30(20-22-34-31(25-30)17-7-8-18-31)19-21-33(23-26-9-3-1-4-10-26)24-27-11-5-2-6-12-27/h1-6,9-16H,7-8,17-25H2/t30-/m1/s1. The van der Waals surface area contributed by atoms with Crippen molar-refractivity contribution in [2.75, 3.05) is 13.2 Å². The van der Waals surface area contributed by atoms with E-state index in [4.69, 9.17) is 4.74 Å². The molecule has 178 valence electrons. The lowest BCUT2D eigenvalue weighted by molar-refractivity contribution is -0.105. The summed E-state index contributed by atoms with van der Waals surface area (Å²) in [6, 6.07) is 28.9. The minimum absolute atomic E-state index is 0.0102. The smallest absolute Gasteiger partial charge is 0.123 e. The van der Waals surface area contributed by atoms with Gasteiger partial charge in [-0.3, -0.25) is 4.90 Å². The third-order valence-corrected chi connectivity index (χ3v) is 8.03. The zero-order chi connectivity index (χ0) is 23.3. The van der Waals surface area contributed by atoms with E-state index < -0.39 is 0 Å². The van der Waals surface area contributed by atoms with E-state index in [2.05, 4.69) is 65.6 Å². The maximum atomic E-state index is 13.8. The molecule has 34 heavy (non-hydrogen) atoms. The lowest BCUT2D eigenvalue weighted by Crippen LogP contribution is -2.47. The third-order valence-electron chi connectivity index (χ3n) is 8.03. The molecule has 0 radical (unpaired) electrons. The molecule has 3 aromatic rings. The summed E-state index contributed by atoms with van der Waals surface area (Å²) >= 11 is 0. The fraction of sp³-hybridized carbons (Fsp3) is 0.419. The number of nitrogens with zero attached hydrogens (tertiary/aromatic N) is 1. The summed E-state index contributed by atoms with van der Waals surface area (Å²) in [7, 11) is 0. The Morgan fingerprint density at radius 3 is 1.91 bits per heavy atom. The van der Waals surface area contributed by atoms with Crippen LogP contribution in [0.5, 0.6) is 0 Å².